The standard InChI is InChI=1S/C37H31F/c1-36(2)33-12-8-6-10-29(33)31-20-25(15-18-34(31)36)27-16-13-23(19-26(27)22-38)24-14-17-30-28-9-5-7-11-32(28)37(3,4)35(30)21-24/h5-21H,22H2,1-4H3. The van der Waals surface area contributed by atoms with E-state index >= 15 is 0 Å². The van der Waals surface area contributed by atoms with Gasteiger partial charge in [0.05, 0.1) is 0 Å². The van der Waals surface area contributed by atoms with Gasteiger partial charge in [0.25, 0.3) is 0 Å². The van der Waals surface area contributed by atoms with Crippen molar-refractivity contribution < 1.29 is 4.39 Å². The van der Waals surface area contributed by atoms with Gasteiger partial charge < -0.3 is 0 Å². The smallest absolute Gasteiger partial charge is 0.115 e. The number of alkyl halides is 1. The number of benzene rings is 5. The van der Waals surface area contributed by atoms with Gasteiger partial charge in [-0.3, -0.25) is 0 Å². The maximum absolute atomic E-state index is 14.5. The summed E-state index contributed by atoms with van der Waals surface area (Å²) in [5, 5.41) is 0. The predicted octanol–water partition coefficient (Wildman–Crippen LogP) is 10.1. The van der Waals surface area contributed by atoms with Crippen LogP contribution >= 0.6 is 0 Å². The van der Waals surface area contributed by atoms with Crippen LogP contribution < -0.4 is 0 Å². The minimum atomic E-state index is -0.496. The third-order valence-electron chi connectivity index (χ3n) is 9.06. The van der Waals surface area contributed by atoms with Crippen LogP contribution in [-0.4, -0.2) is 0 Å². The lowest BCUT2D eigenvalue weighted by Gasteiger charge is -2.22. The molecule has 0 heterocycles. The second-order valence-corrected chi connectivity index (χ2v) is 11.9. The highest BCUT2D eigenvalue weighted by Crippen LogP contribution is 2.51. The van der Waals surface area contributed by atoms with Gasteiger partial charge in [-0.15, -0.1) is 0 Å². The summed E-state index contributed by atoms with van der Waals surface area (Å²) in [6.07, 6.45) is 0. The van der Waals surface area contributed by atoms with Crippen molar-refractivity contribution in [3.05, 3.63) is 131 Å². The zero-order chi connectivity index (χ0) is 26.2. The van der Waals surface area contributed by atoms with Crippen LogP contribution in [0.1, 0.15) is 55.5 Å². The summed E-state index contributed by atoms with van der Waals surface area (Å²) in [5.41, 5.74) is 15.4. The molecule has 0 radical (unpaired) electrons. The van der Waals surface area contributed by atoms with E-state index in [0.29, 0.717) is 0 Å². The molecule has 7 rings (SSSR count). The molecule has 5 aromatic carbocycles. The van der Waals surface area contributed by atoms with Gasteiger partial charge >= 0.3 is 0 Å². The van der Waals surface area contributed by atoms with Gasteiger partial charge in [0.2, 0.25) is 0 Å². The van der Waals surface area contributed by atoms with Gasteiger partial charge in [-0.2, -0.15) is 0 Å². The van der Waals surface area contributed by atoms with E-state index in [2.05, 4.69) is 125 Å². The number of rotatable bonds is 3. The molecular weight excluding hydrogens is 463 g/mol. The number of fused-ring (bicyclic) bond motifs is 6. The average Bonchev–Trinajstić information content (AvgIpc) is 3.32. The van der Waals surface area contributed by atoms with Crippen molar-refractivity contribution >= 4 is 0 Å². The molecule has 0 nitrogen and oxygen atoms in total. The van der Waals surface area contributed by atoms with Gasteiger partial charge in [0.15, 0.2) is 0 Å². The molecule has 0 aliphatic heterocycles. The topological polar surface area (TPSA) is 0 Å². The van der Waals surface area contributed by atoms with Gasteiger partial charge in [-0.1, -0.05) is 113 Å². The van der Waals surface area contributed by atoms with Crippen molar-refractivity contribution in [3.8, 4) is 44.5 Å². The van der Waals surface area contributed by atoms with Crippen LogP contribution in [0.15, 0.2) is 103 Å². The largest absolute Gasteiger partial charge is 0.246 e. The van der Waals surface area contributed by atoms with E-state index < -0.39 is 6.67 Å². The molecule has 0 aromatic heterocycles. The van der Waals surface area contributed by atoms with Crippen LogP contribution in [0.5, 0.6) is 0 Å². The fraction of sp³-hybridized carbons (Fsp3) is 0.189. The first-order chi connectivity index (χ1) is 18.3. The summed E-state index contributed by atoms with van der Waals surface area (Å²) < 4.78 is 14.5. The summed E-state index contributed by atoms with van der Waals surface area (Å²) in [6.45, 7) is 8.67. The molecule has 1 heteroatoms. The molecule has 0 fully saturated rings. The Labute approximate surface area is 224 Å². The summed E-state index contributed by atoms with van der Waals surface area (Å²) >= 11 is 0. The lowest BCUT2D eigenvalue weighted by atomic mass is 9.81. The molecule has 0 atom stereocenters. The van der Waals surface area contributed by atoms with Crippen molar-refractivity contribution in [2.45, 2.75) is 45.2 Å². The number of halogens is 1. The zero-order valence-corrected chi connectivity index (χ0v) is 22.4. The Bertz CT molecular complexity index is 1750. The fourth-order valence-electron chi connectivity index (χ4n) is 6.94. The molecule has 5 aromatic rings. The van der Waals surface area contributed by atoms with E-state index in [4.69, 9.17) is 0 Å². The molecule has 0 N–H and O–H groups in total. The Kier molecular flexibility index (Phi) is 4.89. The van der Waals surface area contributed by atoms with Gasteiger partial charge in [-0.05, 0) is 90.5 Å². The minimum absolute atomic E-state index is 0.0295. The second kappa shape index (κ2) is 8.01. The SMILES string of the molecule is CC1(C)c2ccccc2-c2cc(-c3ccc(-c4ccc5c(c4)C(C)(C)c4ccccc4-5)cc3CF)ccc21. The highest BCUT2D eigenvalue weighted by molar-refractivity contribution is 5.87. The first-order valence-electron chi connectivity index (χ1n) is 13.5. The molecule has 0 bridgehead atoms. The van der Waals surface area contributed by atoms with Crippen LogP contribution in [0.3, 0.4) is 0 Å². The Balaban J connectivity index is 1.30. The van der Waals surface area contributed by atoms with Gasteiger partial charge in [0.1, 0.15) is 6.67 Å². The number of hydrogen-bond acceptors (Lipinski definition) is 0. The molecule has 0 saturated heterocycles. The normalized spacial score (nSPS) is 15.5. The Morgan fingerprint density at radius 1 is 0.447 bits per heavy atom. The van der Waals surface area contributed by atoms with Crippen LogP contribution in [0.2, 0.25) is 0 Å². The van der Waals surface area contributed by atoms with E-state index in [9.17, 15) is 4.39 Å². The summed E-state index contributed by atoms with van der Waals surface area (Å²) in [6, 6.07) is 37.0. The fourth-order valence-corrected chi connectivity index (χ4v) is 6.94. The van der Waals surface area contributed by atoms with Crippen molar-refractivity contribution in [2.24, 2.45) is 0 Å². The van der Waals surface area contributed by atoms with E-state index in [1.165, 1.54) is 44.5 Å². The third-order valence-corrected chi connectivity index (χ3v) is 9.06. The van der Waals surface area contributed by atoms with Crippen molar-refractivity contribution in [1.29, 1.82) is 0 Å². The molecule has 186 valence electrons. The molecule has 2 aliphatic rings. The van der Waals surface area contributed by atoms with E-state index in [0.717, 1.165) is 27.8 Å². The first kappa shape index (κ1) is 23.2. The van der Waals surface area contributed by atoms with Crippen LogP contribution in [0.25, 0.3) is 44.5 Å². The van der Waals surface area contributed by atoms with Crippen molar-refractivity contribution in [1.82, 2.24) is 0 Å². The average molecular weight is 495 g/mol. The van der Waals surface area contributed by atoms with E-state index in [1.54, 1.807) is 0 Å². The Morgan fingerprint density at radius 3 is 1.63 bits per heavy atom. The monoisotopic (exact) mass is 494 g/mol. The lowest BCUT2D eigenvalue weighted by Crippen LogP contribution is -2.14. The predicted molar refractivity (Wildman–Crippen MR) is 157 cm³/mol. The molecule has 0 spiro atoms. The number of hydrogen-bond donors (Lipinski definition) is 0. The highest BCUT2D eigenvalue weighted by atomic mass is 19.1. The molecule has 38 heavy (non-hydrogen) atoms. The Hall–Kier alpha value is -3.97. The Morgan fingerprint density at radius 2 is 0.947 bits per heavy atom. The quantitative estimate of drug-likeness (QED) is 0.234. The molecule has 0 saturated carbocycles. The van der Waals surface area contributed by atoms with Crippen molar-refractivity contribution in [2.75, 3.05) is 0 Å². The van der Waals surface area contributed by atoms with Crippen LogP contribution in [0.4, 0.5) is 4.39 Å². The van der Waals surface area contributed by atoms with E-state index in [1.807, 2.05) is 6.07 Å². The molecule has 2 aliphatic carbocycles. The molecular formula is C37H31F. The lowest BCUT2D eigenvalue weighted by molar-refractivity contribution is 0.486. The summed E-state index contributed by atoms with van der Waals surface area (Å²) in [4.78, 5) is 0. The summed E-state index contributed by atoms with van der Waals surface area (Å²) in [7, 11) is 0. The molecule has 0 unspecified atom stereocenters. The van der Waals surface area contributed by atoms with E-state index in [-0.39, 0.29) is 10.8 Å². The minimum Gasteiger partial charge on any atom is -0.246 e. The maximum Gasteiger partial charge on any atom is 0.115 e. The maximum atomic E-state index is 14.5. The summed E-state index contributed by atoms with van der Waals surface area (Å²) in [5.74, 6) is 0. The van der Waals surface area contributed by atoms with Crippen LogP contribution in [-0.2, 0) is 17.5 Å². The van der Waals surface area contributed by atoms with Gasteiger partial charge in [-0.25, -0.2) is 4.39 Å². The zero-order valence-electron chi connectivity index (χ0n) is 22.4. The van der Waals surface area contributed by atoms with Crippen molar-refractivity contribution in [3.63, 3.8) is 0 Å². The molecule has 0 amide bonds. The van der Waals surface area contributed by atoms with Crippen LogP contribution in [0, 0.1) is 0 Å². The third kappa shape index (κ3) is 3.14. The highest BCUT2D eigenvalue weighted by Gasteiger charge is 2.36. The second-order valence-electron chi connectivity index (χ2n) is 11.9. The first-order valence-corrected chi connectivity index (χ1v) is 13.5. The van der Waals surface area contributed by atoms with Gasteiger partial charge in [0, 0.05) is 10.8 Å².